The van der Waals surface area contributed by atoms with E-state index in [1.807, 2.05) is 0 Å². The Morgan fingerprint density at radius 3 is 2.67 bits per heavy atom. The molecule has 0 aromatic rings. The van der Waals surface area contributed by atoms with E-state index in [1.165, 1.54) is 0 Å². The summed E-state index contributed by atoms with van der Waals surface area (Å²) in [7, 11) is 1.62. The van der Waals surface area contributed by atoms with Crippen molar-refractivity contribution in [1.29, 1.82) is 5.26 Å². The summed E-state index contributed by atoms with van der Waals surface area (Å²) in [6, 6.07) is 2.28. The Hall–Kier alpha value is -1.12. The number of carbonyl (C=O) groups is 1. The van der Waals surface area contributed by atoms with Gasteiger partial charge in [-0.2, -0.15) is 5.26 Å². The van der Waals surface area contributed by atoms with Crippen molar-refractivity contribution in [2.45, 2.75) is 46.1 Å². The lowest BCUT2D eigenvalue weighted by Gasteiger charge is -2.47. The van der Waals surface area contributed by atoms with Gasteiger partial charge in [0.15, 0.2) is 0 Å². The standard InChI is InChI=1S/C16H29N3O2/c1-12-14(18)7-6-13(16(12,2)3)15(20)19(9-5-8-17)10-11-21-4/h12-14H,5-7,9-11,18H2,1-4H3. The molecule has 5 nitrogen and oxygen atoms in total. The average Bonchev–Trinajstić information content (AvgIpc) is 2.44. The predicted octanol–water partition coefficient (Wildman–Crippen LogP) is 1.77. The molecule has 120 valence electrons. The average molecular weight is 295 g/mol. The SMILES string of the molecule is COCCN(CCC#N)C(=O)C1CCC(N)C(C)C1(C)C. The monoisotopic (exact) mass is 295 g/mol. The quantitative estimate of drug-likeness (QED) is 0.810. The van der Waals surface area contributed by atoms with E-state index < -0.39 is 0 Å². The van der Waals surface area contributed by atoms with Crippen molar-refractivity contribution in [3.8, 4) is 6.07 Å². The van der Waals surface area contributed by atoms with Gasteiger partial charge in [0.2, 0.25) is 5.91 Å². The number of nitriles is 1. The van der Waals surface area contributed by atoms with Crippen LogP contribution in [0.1, 0.15) is 40.0 Å². The number of nitrogens with two attached hydrogens (primary N) is 1. The van der Waals surface area contributed by atoms with Gasteiger partial charge < -0.3 is 15.4 Å². The zero-order chi connectivity index (χ0) is 16.0. The summed E-state index contributed by atoms with van der Waals surface area (Å²) in [6.45, 7) is 7.93. The number of carbonyl (C=O) groups excluding carboxylic acids is 1. The Labute approximate surface area is 128 Å². The van der Waals surface area contributed by atoms with Crippen LogP contribution in [0.3, 0.4) is 0 Å². The first-order valence-corrected chi connectivity index (χ1v) is 7.76. The molecule has 2 N–H and O–H groups in total. The van der Waals surface area contributed by atoms with Gasteiger partial charge in [0.05, 0.1) is 19.1 Å². The maximum atomic E-state index is 12.9. The van der Waals surface area contributed by atoms with E-state index in [1.54, 1.807) is 12.0 Å². The molecule has 3 unspecified atom stereocenters. The molecule has 0 aromatic heterocycles. The molecule has 0 spiro atoms. The van der Waals surface area contributed by atoms with Gasteiger partial charge in [-0.1, -0.05) is 20.8 Å². The topological polar surface area (TPSA) is 79.3 Å². The molecule has 0 radical (unpaired) electrons. The summed E-state index contributed by atoms with van der Waals surface area (Å²) in [5, 5.41) is 8.78. The van der Waals surface area contributed by atoms with Gasteiger partial charge >= 0.3 is 0 Å². The maximum Gasteiger partial charge on any atom is 0.226 e. The number of hydrogen-bond acceptors (Lipinski definition) is 4. The van der Waals surface area contributed by atoms with Gasteiger partial charge in [0.25, 0.3) is 0 Å². The van der Waals surface area contributed by atoms with Crippen molar-refractivity contribution < 1.29 is 9.53 Å². The summed E-state index contributed by atoms with van der Waals surface area (Å²) in [5.41, 5.74) is 6.05. The van der Waals surface area contributed by atoms with Crippen LogP contribution < -0.4 is 5.73 Å². The van der Waals surface area contributed by atoms with E-state index in [2.05, 4.69) is 26.8 Å². The summed E-state index contributed by atoms with van der Waals surface area (Å²) >= 11 is 0. The lowest BCUT2D eigenvalue weighted by molar-refractivity contribution is -0.144. The zero-order valence-electron chi connectivity index (χ0n) is 13.8. The molecule has 1 aliphatic rings. The molecule has 0 heterocycles. The van der Waals surface area contributed by atoms with E-state index in [0.29, 0.717) is 32.0 Å². The molecule has 0 saturated heterocycles. The van der Waals surface area contributed by atoms with Crippen molar-refractivity contribution >= 4 is 5.91 Å². The fraction of sp³-hybridized carbons (Fsp3) is 0.875. The van der Waals surface area contributed by atoms with Crippen LogP contribution in [0.5, 0.6) is 0 Å². The number of ether oxygens (including phenoxy) is 1. The minimum atomic E-state index is -0.118. The number of nitrogens with zero attached hydrogens (tertiary/aromatic N) is 2. The van der Waals surface area contributed by atoms with E-state index in [0.717, 1.165) is 12.8 Å². The summed E-state index contributed by atoms with van der Waals surface area (Å²) in [5.74, 6) is 0.425. The normalized spacial score (nSPS) is 27.9. The third kappa shape index (κ3) is 4.18. The van der Waals surface area contributed by atoms with Gasteiger partial charge in [-0.15, -0.1) is 0 Å². The Morgan fingerprint density at radius 2 is 2.10 bits per heavy atom. The first-order chi connectivity index (χ1) is 9.86. The first-order valence-electron chi connectivity index (χ1n) is 7.76. The predicted molar refractivity (Wildman–Crippen MR) is 82.3 cm³/mol. The lowest BCUT2D eigenvalue weighted by atomic mass is 9.60. The number of methoxy groups -OCH3 is 1. The van der Waals surface area contributed by atoms with Gasteiger partial charge in [0, 0.05) is 32.2 Å². The van der Waals surface area contributed by atoms with Crippen LogP contribution in [-0.4, -0.2) is 43.7 Å². The molecule has 0 bridgehead atoms. The van der Waals surface area contributed by atoms with Crippen molar-refractivity contribution in [3.05, 3.63) is 0 Å². The highest BCUT2D eigenvalue weighted by atomic mass is 16.5. The van der Waals surface area contributed by atoms with E-state index >= 15 is 0 Å². The van der Waals surface area contributed by atoms with Crippen molar-refractivity contribution in [1.82, 2.24) is 4.90 Å². The second-order valence-corrected chi connectivity index (χ2v) is 6.63. The van der Waals surface area contributed by atoms with Crippen LogP contribution in [0, 0.1) is 28.6 Å². The van der Waals surface area contributed by atoms with Crippen molar-refractivity contribution in [2.75, 3.05) is 26.8 Å². The summed E-state index contributed by atoms with van der Waals surface area (Å²) in [6.07, 6.45) is 2.07. The minimum Gasteiger partial charge on any atom is -0.383 e. The third-order valence-corrected chi connectivity index (χ3v) is 5.17. The molecule has 1 rings (SSSR count). The highest BCUT2D eigenvalue weighted by Crippen LogP contribution is 2.45. The lowest BCUT2D eigenvalue weighted by Crippen LogP contribution is -2.52. The van der Waals surface area contributed by atoms with Crippen LogP contribution in [0.4, 0.5) is 0 Å². The maximum absolute atomic E-state index is 12.9. The fourth-order valence-electron chi connectivity index (χ4n) is 3.23. The third-order valence-electron chi connectivity index (χ3n) is 5.17. The van der Waals surface area contributed by atoms with E-state index in [9.17, 15) is 4.79 Å². The smallest absolute Gasteiger partial charge is 0.226 e. The Balaban J connectivity index is 2.84. The second kappa shape index (κ2) is 7.77. The number of rotatable bonds is 6. The Bertz CT molecular complexity index is 389. The molecule has 1 saturated carbocycles. The minimum absolute atomic E-state index is 0.0251. The highest BCUT2D eigenvalue weighted by Gasteiger charge is 2.46. The molecular formula is C16H29N3O2. The van der Waals surface area contributed by atoms with Gasteiger partial charge in [-0.05, 0) is 24.2 Å². The number of hydrogen-bond donors (Lipinski definition) is 1. The molecule has 3 atom stereocenters. The molecular weight excluding hydrogens is 266 g/mol. The highest BCUT2D eigenvalue weighted by molar-refractivity contribution is 5.80. The van der Waals surface area contributed by atoms with Crippen LogP contribution >= 0.6 is 0 Å². The molecule has 0 aliphatic heterocycles. The molecule has 0 aromatic carbocycles. The number of amides is 1. The van der Waals surface area contributed by atoms with E-state index in [4.69, 9.17) is 15.7 Å². The fourth-order valence-corrected chi connectivity index (χ4v) is 3.23. The van der Waals surface area contributed by atoms with E-state index in [-0.39, 0.29) is 23.3 Å². The van der Waals surface area contributed by atoms with Crippen molar-refractivity contribution in [2.24, 2.45) is 23.0 Å². The van der Waals surface area contributed by atoms with Crippen LogP contribution in [0.15, 0.2) is 0 Å². The second-order valence-electron chi connectivity index (χ2n) is 6.63. The van der Waals surface area contributed by atoms with Crippen LogP contribution in [0.25, 0.3) is 0 Å². The first kappa shape index (κ1) is 17.9. The molecule has 21 heavy (non-hydrogen) atoms. The zero-order valence-corrected chi connectivity index (χ0v) is 13.8. The largest absolute Gasteiger partial charge is 0.383 e. The van der Waals surface area contributed by atoms with Gasteiger partial charge in [-0.25, -0.2) is 0 Å². The Kier molecular flexibility index (Phi) is 6.63. The van der Waals surface area contributed by atoms with Crippen LogP contribution in [0.2, 0.25) is 0 Å². The summed E-state index contributed by atoms with van der Waals surface area (Å²) < 4.78 is 5.08. The van der Waals surface area contributed by atoms with Crippen molar-refractivity contribution in [3.63, 3.8) is 0 Å². The molecule has 1 fully saturated rings. The molecule has 1 aliphatic carbocycles. The molecule has 5 heteroatoms. The molecule has 1 amide bonds. The summed E-state index contributed by atoms with van der Waals surface area (Å²) in [4.78, 5) is 14.7. The van der Waals surface area contributed by atoms with Gasteiger partial charge in [-0.3, -0.25) is 4.79 Å². The Morgan fingerprint density at radius 1 is 1.43 bits per heavy atom. The van der Waals surface area contributed by atoms with Gasteiger partial charge in [0.1, 0.15) is 0 Å². The van der Waals surface area contributed by atoms with Crippen LogP contribution in [-0.2, 0) is 9.53 Å².